The lowest BCUT2D eigenvalue weighted by Gasteiger charge is -2.35. The van der Waals surface area contributed by atoms with Gasteiger partial charge in [0, 0.05) is 18.1 Å². The lowest BCUT2D eigenvalue weighted by Crippen LogP contribution is -2.49. The summed E-state index contributed by atoms with van der Waals surface area (Å²) in [6.07, 6.45) is 5.55. The van der Waals surface area contributed by atoms with E-state index in [1.165, 1.54) is 25.7 Å². The molecule has 1 aliphatic rings. The van der Waals surface area contributed by atoms with Gasteiger partial charge in [-0.3, -0.25) is 0 Å². The molecule has 0 aliphatic heterocycles. The van der Waals surface area contributed by atoms with Crippen molar-refractivity contribution >= 4 is 0 Å². The standard InChI is InChI=1S/C13H28N2/c1-6-11-8-7-9-12(11)14-10-13(2,3)15(4)5/h11-12,14H,6-10H2,1-5H3. The van der Waals surface area contributed by atoms with Gasteiger partial charge < -0.3 is 10.2 Å². The normalized spacial score (nSPS) is 27.6. The van der Waals surface area contributed by atoms with Crippen LogP contribution in [0.4, 0.5) is 0 Å². The zero-order valence-corrected chi connectivity index (χ0v) is 11.1. The van der Waals surface area contributed by atoms with Crippen LogP contribution in [0.25, 0.3) is 0 Å². The molecule has 0 aromatic heterocycles. The Morgan fingerprint density at radius 2 is 1.93 bits per heavy atom. The van der Waals surface area contributed by atoms with Crippen LogP contribution in [0.15, 0.2) is 0 Å². The van der Waals surface area contributed by atoms with Crippen LogP contribution in [-0.2, 0) is 0 Å². The van der Waals surface area contributed by atoms with Crippen molar-refractivity contribution in [2.24, 2.45) is 5.92 Å². The molecule has 90 valence electrons. The molecule has 1 rings (SSSR count). The van der Waals surface area contributed by atoms with Crippen LogP contribution in [0.1, 0.15) is 46.5 Å². The first-order valence-corrected chi connectivity index (χ1v) is 6.38. The molecule has 1 saturated carbocycles. The summed E-state index contributed by atoms with van der Waals surface area (Å²) in [4.78, 5) is 2.30. The third-order valence-electron chi connectivity index (χ3n) is 4.19. The number of nitrogens with zero attached hydrogens (tertiary/aromatic N) is 1. The Morgan fingerprint density at radius 3 is 2.47 bits per heavy atom. The van der Waals surface area contributed by atoms with Crippen molar-refractivity contribution < 1.29 is 0 Å². The van der Waals surface area contributed by atoms with Crippen LogP contribution in [0.5, 0.6) is 0 Å². The van der Waals surface area contributed by atoms with Crippen molar-refractivity contribution in [3.63, 3.8) is 0 Å². The van der Waals surface area contributed by atoms with Gasteiger partial charge in [-0.15, -0.1) is 0 Å². The minimum atomic E-state index is 0.265. The third kappa shape index (κ3) is 3.46. The van der Waals surface area contributed by atoms with Gasteiger partial charge in [-0.25, -0.2) is 0 Å². The second-order valence-electron chi connectivity index (χ2n) is 5.79. The highest BCUT2D eigenvalue weighted by molar-refractivity contribution is 4.87. The number of hydrogen-bond donors (Lipinski definition) is 1. The van der Waals surface area contributed by atoms with E-state index in [1.807, 2.05) is 0 Å². The average Bonchev–Trinajstić information content (AvgIpc) is 2.61. The third-order valence-corrected chi connectivity index (χ3v) is 4.19. The van der Waals surface area contributed by atoms with E-state index in [-0.39, 0.29) is 5.54 Å². The van der Waals surface area contributed by atoms with Gasteiger partial charge in [0.05, 0.1) is 0 Å². The molecule has 1 N–H and O–H groups in total. The summed E-state index contributed by atoms with van der Waals surface area (Å²) in [7, 11) is 4.32. The molecule has 15 heavy (non-hydrogen) atoms. The van der Waals surface area contributed by atoms with E-state index >= 15 is 0 Å². The second-order valence-corrected chi connectivity index (χ2v) is 5.79. The highest BCUT2D eigenvalue weighted by Gasteiger charge is 2.28. The molecule has 2 nitrogen and oxygen atoms in total. The lowest BCUT2D eigenvalue weighted by atomic mass is 9.98. The monoisotopic (exact) mass is 212 g/mol. The highest BCUT2D eigenvalue weighted by Crippen LogP contribution is 2.28. The number of nitrogens with one attached hydrogen (secondary N) is 1. The highest BCUT2D eigenvalue weighted by atomic mass is 15.2. The summed E-state index contributed by atoms with van der Waals surface area (Å²) < 4.78 is 0. The molecular formula is C13H28N2. The molecular weight excluding hydrogens is 184 g/mol. The van der Waals surface area contributed by atoms with Crippen molar-refractivity contribution in [1.29, 1.82) is 0 Å². The second kappa shape index (κ2) is 5.31. The van der Waals surface area contributed by atoms with Gasteiger partial charge in [-0.05, 0) is 46.7 Å². The van der Waals surface area contributed by atoms with Crippen LogP contribution in [0, 0.1) is 5.92 Å². The summed E-state index contributed by atoms with van der Waals surface area (Å²) in [6.45, 7) is 8.02. The quantitative estimate of drug-likeness (QED) is 0.753. The predicted octanol–water partition coefficient (Wildman–Crippen LogP) is 2.49. The fraction of sp³-hybridized carbons (Fsp3) is 1.00. The van der Waals surface area contributed by atoms with E-state index in [9.17, 15) is 0 Å². The van der Waals surface area contributed by atoms with Crippen molar-refractivity contribution in [2.75, 3.05) is 20.6 Å². The van der Waals surface area contributed by atoms with E-state index in [4.69, 9.17) is 0 Å². The van der Waals surface area contributed by atoms with Crippen LogP contribution in [0.2, 0.25) is 0 Å². The molecule has 2 unspecified atom stereocenters. The number of rotatable bonds is 5. The van der Waals surface area contributed by atoms with Crippen molar-refractivity contribution in [1.82, 2.24) is 10.2 Å². The Morgan fingerprint density at radius 1 is 1.27 bits per heavy atom. The van der Waals surface area contributed by atoms with Gasteiger partial charge in [0.2, 0.25) is 0 Å². The van der Waals surface area contributed by atoms with E-state index in [1.54, 1.807) is 0 Å². The molecule has 2 atom stereocenters. The smallest absolute Gasteiger partial charge is 0.0271 e. The van der Waals surface area contributed by atoms with E-state index in [2.05, 4.69) is 45.1 Å². The van der Waals surface area contributed by atoms with Crippen molar-refractivity contribution in [3.8, 4) is 0 Å². The van der Waals surface area contributed by atoms with Crippen LogP contribution in [-0.4, -0.2) is 37.1 Å². The Kier molecular flexibility index (Phi) is 4.60. The molecule has 1 aliphatic carbocycles. The fourth-order valence-corrected chi connectivity index (χ4v) is 2.33. The van der Waals surface area contributed by atoms with Crippen LogP contribution < -0.4 is 5.32 Å². The Hall–Kier alpha value is -0.0800. The Bertz CT molecular complexity index is 187. The maximum absolute atomic E-state index is 3.76. The first-order valence-electron chi connectivity index (χ1n) is 6.38. The minimum absolute atomic E-state index is 0.265. The predicted molar refractivity (Wildman–Crippen MR) is 67.2 cm³/mol. The zero-order valence-electron chi connectivity index (χ0n) is 11.1. The fourth-order valence-electron chi connectivity index (χ4n) is 2.33. The van der Waals surface area contributed by atoms with Gasteiger partial charge in [-0.2, -0.15) is 0 Å². The topological polar surface area (TPSA) is 15.3 Å². The SMILES string of the molecule is CCC1CCCC1NCC(C)(C)N(C)C. The maximum atomic E-state index is 3.76. The molecule has 0 saturated heterocycles. The van der Waals surface area contributed by atoms with E-state index in [0.29, 0.717) is 0 Å². The summed E-state index contributed by atoms with van der Waals surface area (Å²) in [5.74, 6) is 0.919. The van der Waals surface area contributed by atoms with E-state index in [0.717, 1.165) is 18.5 Å². The Labute approximate surface area is 95.4 Å². The van der Waals surface area contributed by atoms with Gasteiger partial charge in [0.1, 0.15) is 0 Å². The van der Waals surface area contributed by atoms with Gasteiger partial charge in [0.25, 0.3) is 0 Å². The van der Waals surface area contributed by atoms with Gasteiger partial charge >= 0.3 is 0 Å². The first kappa shape index (κ1) is 13.0. The van der Waals surface area contributed by atoms with Crippen molar-refractivity contribution in [3.05, 3.63) is 0 Å². The summed E-state index contributed by atoms with van der Waals surface area (Å²) in [6, 6.07) is 0.772. The number of likely N-dealkylation sites (N-methyl/N-ethyl adjacent to an activating group) is 1. The molecule has 0 bridgehead atoms. The molecule has 0 spiro atoms. The summed E-state index contributed by atoms with van der Waals surface area (Å²) in [5.41, 5.74) is 0.265. The average molecular weight is 212 g/mol. The molecule has 1 fully saturated rings. The Balaban J connectivity index is 2.36. The molecule has 0 aromatic rings. The molecule has 0 radical (unpaired) electrons. The number of hydrogen-bond acceptors (Lipinski definition) is 2. The summed E-state index contributed by atoms with van der Waals surface area (Å²) >= 11 is 0. The van der Waals surface area contributed by atoms with Crippen LogP contribution >= 0.6 is 0 Å². The van der Waals surface area contributed by atoms with Crippen LogP contribution in [0.3, 0.4) is 0 Å². The lowest BCUT2D eigenvalue weighted by molar-refractivity contribution is 0.179. The zero-order chi connectivity index (χ0) is 11.5. The van der Waals surface area contributed by atoms with Gasteiger partial charge in [0.15, 0.2) is 0 Å². The van der Waals surface area contributed by atoms with Crippen molar-refractivity contribution in [2.45, 2.75) is 58.0 Å². The summed E-state index contributed by atoms with van der Waals surface area (Å²) in [5, 5.41) is 3.76. The van der Waals surface area contributed by atoms with E-state index < -0.39 is 0 Å². The maximum Gasteiger partial charge on any atom is 0.0271 e. The minimum Gasteiger partial charge on any atom is -0.312 e. The molecule has 0 heterocycles. The van der Waals surface area contributed by atoms with Gasteiger partial charge in [-0.1, -0.05) is 19.8 Å². The molecule has 0 amide bonds. The molecule has 0 aromatic carbocycles. The largest absolute Gasteiger partial charge is 0.312 e. The molecule has 2 heteroatoms. The first-order chi connectivity index (χ1) is 6.97.